The quantitative estimate of drug-likeness (QED) is 0.344. The Hall–Kier alpha value is 1.30. The second-order valence-electron chi connectivity index (χ2n) is 1.87. The molecule has 0 atom stereocenters. The Morgan fingerprint density at radius 1 is 1.00 bits per heavy atom. The molecular formula is C6H14AlBrCl-. The largest absolute Gasteiger partial charge is 1.00 e. The van der Waals surface area contributed by atoms with Gasteiger partial charge in [0.05, 0.1) is 0 Å². The van der Waals surface area contributed by atoms with Crippen molar-refractivity contribution < 1.29 is 29.4 Å². The van der Waals surface area contributed by atoms with Crippen LogP contribution in [0.25, 0.3) is 0 Å². The summed E-state index contributed by atoms with van der Waals surface area (Å²) in [5, 5.41) is 3.02. The second-order valence-corrected chi connectivity index (χ2v) is 3.60. The van der Waals surface area contributed by atoms with Gasteiger partial charge in [0.1, 0.15) is 0 Å². The van der Waals surface area contributed by atoms with Crippen LogP contribution < -0.4 is 29.4 Å². The fourth-order valence-electron chi connectivity index (χ4n) is 0.553. The van der Waals surface area contributed by atoms with Gasteiger partial charge in [-0.05, 0) is 0 Å². The minimum absolute atomic E-state index is 0. The van der Waals surface area contributed by atoms with Crippen molar-refractivity contribution in [2.45, 2.75) is 37.3 Å². The van der Waals surface area contributed by atoms with Crippen LogP contribution in [0.1, 0.15) is 26.7 Å². The zero-order valence-electron chi connectivity index (χ0n) is 6.16. The van der Waals surface area contributed by atoms with E-state index >= 15 is 0 Å². The molecule has 0 amide bonds. The average Bonchev–Trinajstić information content (AvgIpc) is 1.69. The normalized spacial score (nSPS) is 6.44. The molecule has 0 saturated heterocycles. The molecule has 0 aromatic rings. The first kappa shape index (κ1) is 16.7. The Morgan fingerprint density at radius 2 is 1.33 bits per heavy atom. The monoisotopic (exact) mass is 227 g/mol. The Kier molecular flexibility index (Phi) is 30.0. The van der Waals surface area contributed by atoms with E-state index in [0.717, 1.165) is 15.2 Å². The van der Waals surface area contributed by atoms with E-state index in [1.54, 1.807) is 0 Å². The third kappa shape index (κ3) is 17.6. The number of hydrogen-bond acceptors (Lipinski definition) is 0. The molecule has 3 heteroatoms. The van der Waals surface area contributed by atoms with Crippen molar-refractivity contribution in [3.05, 3.63) is 0 Å². The van der Waals surface area contributed by atoms with Gasteiger partial charge < -0.3 is 29.4 Å². The smallest absolute Gasteiger partial charge is 1.00 e. The maximum atomic E-state index is 2.27. The van der Waals surface area contributed by atoms with Gasteiger partial charge in [0.2, 0.25) is 0 Å². The Labute approximate surface area is 81.7 Å². The zero-order valence-corrected chi connectivity index (χ0v) is 9.66. The van der Waals surface area contributed by atoms with Crippen molar-refractivity contribution in [1.82, 2.24) is 0 Å². The number of rotatable bonds is 4. The van der Waals surface area contributed by atoms with Gasteiger partial charge in [-0.1, -0.05) is 0 Å². The zero-order chi connectivity index (χ0) is 5.54. The summed E-state index contributed by atoms with van der Waals surface area (Å²) >= 11 is 0.822. The van der Waals surface area contributed by atoms with Gasteiger partial charge in [-0.15, -0.1) is 0 Å². The topological polar surface area (TPSA) is 0 Å². The van der Waals surface area contributed by atoms with Crippen LogP contribution in [-0.4, -0.2) is 15.2 Å². The Bertz CT molecular complexity index is 32.2. The Balaban J connectivity index is -0.000000180. The van der Waals surface area contributed by atoms with E-state index in [0.29, 0.717) is 0 Å². The molecule has 9 heavy (non-hydrogen) atoms. The van der Waals surface area contributed by atoms with Crippen molar-refractivity contribution in [2.75, 3.05) is 0 Å². The van der Waals surface area contributed by atoms with Gasteiger partial charge >= 0.3 is 52.5 Å². The van der Waals surface area contributed by atoms with Crippen LogP contribution in [0, 0.1) is 0 Å². The molecule has 0 aromatic heterocycles. The van der Waals surface area contributed by atoms with Gasteiger partial charge in [-0.25, -0.2) is 0 Å². The van der Waals surface area contributed by atoms with E-state index in [4.69, 9.17) is 0 Å². The first-order chi connectivity index (χ1) is 3.41. The summed E-state index contributed by atoms with van der Waals surface area (Å²) in [4.78, 5) is 0. The molecule has 0 radical (unpaired) electrons. The van der Waals surface area contributed by atoms with E-state index in [1.807, 2.05) is 0 Å². The first-order valence-corrected chi connectivity index (χ1v) is 4.86. The summed E-state index contributed by atoms with van der Waals surface area (Å²) in [6, 6.07) is 0. The Morgan fingerprint density at radius 3 is 1.56 bits per heavy atom. The fourth-order valence-corrected chi connectivity index (χ4v) is 1.66. The van der Waals surface area contributed by atoms with Crippen LogP contribution in [0.5, 0.6) is 0 Å². The first-order valence-electron chi connectivity index (χ1n) is 3.23. The van der Waals surface area contributed by atoms with E-state index in [9.17, 15) is 0 Å². The second kappa shape index (κ2) is 16.1. The third-order valence-electron chi connectivity index (χ3n) is 0.986. The van der Waals surface area contributed by atoms with E-state index in [1.165, 1.54) is 23.4 Å². The number of hydrogen-bond donors (Lipinski definition) is 0. The summed E-state index contributed by atoms with van der Waals surface area (Å²) in [6.45, 7) is 4.53. The maximum Gasteiger partial charge on any atom is -1.00 e. The molecule has 0 spiro atoms. The van der Waals surface area contributed by atoms with Gasteiger partial charge in [-0.3, -0.25) is 0 Å². The molecule has 0 aromatic carbocycles. The van der Waals surface area contributed by atoms with Crippen molar-refractivity contribution in [2.24, 2.45) is 0 Å². The molecular weight excluding hydrogens is 214 g/mol. The molecule has 0 unspecified atom stereocenters. The molecule has 56 valence electrons. The van der Waals surface area contributed by atoms with Crippen molar-refractivity contribution in [3.8, 4) is 0 Å². The van der Waals surface area contributed by atoms with Crippen LogP contribution in [0.15, 0.2) is 0 Å². The molecule has 0 aliphatic carbocycles. The predicted octanol–water partition coefficient (Wildman–Crippen LogP) is -3.64. The summed E-state index contributed by atoms with van der Waals surface area (Å²) in [5.41, 5.74) is 0. The SMILES string of the molecule is CC[CH2][Al+][CH2]CC.[Br-].[Cl-]. The predicted molar refractivity (Wildman–Crippen MR) is 35.9 cm³/mol. The minimum Gasteiger partial charge on any atom is -1.00 e. The van der Waals surface area contributed by atoms with E-state index < -0.39 is 0 Å². The number of halogens is 2. The van der Waals surface area contributed by atoms with E-state index in [2.05, 4.69) is 13.8 Å². The van der Waals surface area contributed by atoms with Crippen LogP contribution in [0.4, 0.5) is 0 Å². The summed E-state index contributed by atoms with van der Waals surface area (Å²) < 4.78 is 0. The van der Waals surface area contributed by atoms with Crippen LogP contribution in [0.2, 0.25) is 10.6 Å². The minimum atomic E-state index is 0. The molecule has 0 aliphatic rings. The fraction of sp³-hybridized carbons (Fsp3) is 1.00. The molecule has 0 heterocycles. The molecule has 0 nitrogen and oxygen atoms in total. The van der Waals surface area contributed by atoms with Gasteiger partial charge in [0.25, 0.3) is 0 Å². The van der Waals surface area contributed by atoms with Crippen molar-refractivity contribution in [1.29, 1.82) is 0 Å². The maximum absolute atomic E-state index is 2.27. The van der Waals surface area contributed by atoms with Gasteiger partial charge in [0.15, 0.2) is 0 Å². The molecule has 0 rings (SSSR count). The molecule has 0 aliphatic heterocycles. The van der Waals surface area contributed by atoms with Crippen molar-refractivity contribution >= 4 is 15.2 Å². The van der Waals surface area contributed by atoms with Gasteiger partial charge in [0, 0.05) is 0 Å². The molecule has 0 saturated carbocycles. The van der Waals surface area contributed by atoms with E-state index in [-0.39, 0.29) is 29.4 Å². The summed E-state index contributed by atoms with van der Waals surface area (Å²) in [5.74, 6) is 0. The van der Waals surface area contributed by atoms with Crippen LogP contribution >= 0.6 is 0 Å². The van der Waals surface area contributed by atoms with Gasteiger partial charge in [-0.2, -0.15) is 0 Å². The molecule has 0 bridgehead atoms. The van der Waals surface area contributed by atoms with Crippen LogP contribution in [0.3, 0.4) is 0 Å². The summed E-state index contributed by atoms with van der Waals surface area (Å²) in [7, 11) is 0. The van der Waals surface area contributed by atoms with Crippen molar-refractivity contribution in [3.63, 3.8) is 0 Å². The molecule has 0 fully saturated rings. The van der Waals surface area contributed by atoms with Crippen LogP contribution in [-0.2, 0) is 0 Å². The standard InChI is InChI=1S/2C3H7.Al.BrH.ClH/c2*1-3-2;;;/h2*1,3H2,2H3;;2*1H/q;;+1;;/p-2. The molecule has 0 N–H and O–H groups in total. The summed E-state index contributed by atoms with van der Waals surface area (Å²) in [6.07, 6.45) is 2.80. The average molecular weight is 229 g/mol. The third-order valence-corrected chi connectivity index (χ3v) is 2.96.